The van der Waals surface area contributed by atoms with Crippen molar-refractivity contribution in [3.05, 3.63) is 59.7 Å². The van der Waals surface area contributed by atoms with Crippen LogP contribution < -0.4 is 5.32 Å². The van der Waals surface area contributed by atoms with Crippen molar-refractivity contribution in [3.8, 4) is 0 Å². The minimum absolute atomic E-state index is 0.355. The number of hydrogen-bond donors (Lipinski definition) is 1. The van der Waals surface area contributed by atoms with Crippen molar-refractivity contribution in [2.45, 2.75) is 37.6 Å². The van der Waals surface area contributed by atoms with Crippen molar-refractivity contribution >= 4 is 10.8 Å². The van der Waals surface area contributed by atoms with E-state index in [0.29, 0.717) is 17.9 Å². The first-order chi connectivity index (χ1) is 11.3. The Morgan fingerprint density at radius 2 is 2.00 bits per heavy atom. The Morgan fingerprint density at radius 3 is 2.87 bits per heavy atom. The fourth-order valence-electron chi connectivity index (χ4n) is 3.26. The van der Waals surface area contributed by atoms with E-state index in [1.165, 1.54) is 16.3 Å². The summed E-state index contributed by atoms with van der Waals surface area (Å²) in [5.74, 6) is 2.45. The van der Waals surface area contributed by atoms with Gasteiger partial charge in [-0.15, -0.1) is 0 Å². The summed E-state index contributed by atoms with van der Waals surface area (Å²) >= 11 is 0. The number of nitrogens with zero attached hydrogens (tertiary/aromatic N) is 2. The van der Waals surface area contributed by atoms with Crippen LogP contribution in [-0.2, 0) is 6.42 Å². The monoisotopic (exact) mass is 307 g/mol. The van der Waals surface area contributed by atoms with Crippen molar-refractivity contribution in [3.63, 3.8) is 0 Å². The molecule has 1 N–H and O–H groups in total. The number of hydrogen-bond acceptors (Lipinski definition) is 4. The van der Waals surface area contributed by atoms with E-state index in [9.17, 15) is 0 Å². The molecule has 3 aromatic rings. The molecule has 1 aliphatic carbocycles. The second-order valence-electron chi connectivity index (χ2n) is 6.46. The molecule has 3 atom stereocenters. The maximum absolute atomic E-state index is 5.51. The number of nitrogens with one attached hydrogen (secondary N) is 1. The van der Waals surface area contributed by atoms with Crippen LogP contribution in [0.2, 0.25) is 0 Å². The van der Waals surface area contributed by atoms with Crippen molar-refractivity contribution in [1.82, 2.24) is 15.5 Å². The Kier molecular flexibility index (Phi) is 3.62. The van der Waals surface area contributed by atoms with E-state index in [0.717, 1.165) is 24.6 Å². The maximum Gasteiger partial charge on any atom is 0.230 e. The lowest BCUT2D eigenvalue weighted by molar-refractivity contribution is 0.371. The molecule has 2 aromatic carbocycles. The highest BCUT2D eigenvalue weighted by Crippen LogP contribution is 2.55. The molecule has 1 fully saturated rings. The number of benzene rings is 2. The molecular weight excluding hydrogens is 286 g/mol. The molecular formula is C19H21N3O. The molecule has 0 spiro atoms. The van der Waals surface area contributed by atoms with Gasteiger partial charge in [0.05, 0.1) is 0 Å². The molecule has 118 valence electrons. The van der Waals surface area contributed by atoms with Crippen LogP contribution in [0.3, 0.4) is 0 Å². The first-order valence-electron chi connectivity index (χ1n) is 8.23. The van der Waals surface area contributed by atoms with Gasteiger partial charge in [-0.05, 0) is 42.6 Å². The Balaban J connectivity index is 1.55. The van der Waals surface area contributed by atoms with E-state index in [-0.39, 0.29) is 0 Å². The van der Waals surface area contributed by atoms with Crippen molar-refractivity contribution in [2.24, 2.45) is 0 Å². The number of aromatic nitrogens is 2. The van der Waals surface area contributed by atoms with Gasteiger partial charge in [-0.25, -0.2) is 0 Å². The Bertz CT molecular complexity index is 821. The number of rotatable bonds is 5. The fraction of sp³-hybridized carbons (Fsp3) is 0.368. The molecule has 1 aliphatic rings. The molecule has 4 heteroatoms. The van der Waals surface area contributed by atoms with E-state index >= 15 is 0 Å². The van der Waals surface area contributed by atoms with Crippen molar-refractivity contribution < 1.29 is 4.52 Å². The van der Waals surface area contributed by atoms with E-state index < -0.39 is 0 Å². The molecule has 0 aliphatic heterocycles. The topological polar surface area (TPSA) is 51.0 Å². The second-order valence-corrected chi connectivity index (χ2v) is 6.46. The van der Waals surface area contributed by atoms with Crippen LogP contribution in [0.15, 0.2) is 47.0 Å². The third-order valence-corrected chi connectivity index (χ3v) is 4.80. The van der Waals surface area contributed by atoms with Gasteiger partial charge in [-0.3, -0.25) is 0 Å². The lowest BCUT2D eigenvalue weighted by Crippen LogP contribution is -2.24. The largest absolute Gasteiger partial charge is 0.339 e. The summed E-state index contributed by atoms with van der Waals surface area (Å²) in [7, 11) is 1.95. The summed E-state index contributed by atoms with van der Waals surface area (Å²) in [5, 5.41) is 9.97. The van der Waals surface area contributed by atoms with Gasteiger partial charge in [-0.2, -0.15) is 4.98 Å². The highest BCUT2D eigenvalue weighted by molar-refractivity contribution is 5.86. The standard InChI is InChI=1S/C19H21N3O/c1-12(20-2)10-18-21-19(23-22-18)17-11-16(17)15-9-5-7-13-6-3-4-8-14(13)15/h3-9,12,16-17,20H,10-11H2,1-2H3. The molecule has 1 heterocycles. The molecule has 1 saturated carbocycles. The minimum Gasteiger partial charge on any atom is -0.339 e. The van der Waals surface area contributed by atoms with Gasteiger partial charge in [0.15, 0.2) is 5.82 Å². The third-order valence-electron chi connectivity index (χ3n) is 4.80. The molecule has 3 unspecified atom stereocenters. The van der Waals surface area contributed by atoms with Gasteiger partial charge in [0.2, 0.25) is 5.89 Å². The maximum atomic E-state index is 5.51. The average molecular weight is 307 g/mol. The quantitative estimate of drug-likeness (QED) is 0.782. The zero-order valence-electron chi connectivity index (χ0n) is 13.5. The Morgan fingerprint density at radius 1 is 1.17 bits per heavy atom. The number of fused-ring (bicyclic) bond motifs is 1. The Labute approximate surface area is 135 Å². The summed E-state index contributed by atoms with van der Waals surface area (Å²) in [6.07, 6.45) is 1.89. The van der Waals surface area contributed by atoms with Crippen LogP contribution in [0, 0.1) is 0 Å². The third kappa shape index (κ3) is 2.75. The molecule has 0 bridgehead atoms. The summed E-state index contributed by atoms with van der Waals surface area (Å²) in [5.41, 5.74) is 1.40. The first-order valence-corrected chi connectivity index (χ1v) is 8.23. The molecule has 1 aromatic heterocycles. The van der Waals surface area contributed by atoms with E-state index in [2.05, 4.69) is 64.8 Å². The summed E-state index contributed by atoms with van der Waals surface area (Å²) < 4.78 is 5.51. The van der Waals surface area contributed by atoms with Crippen LogP contribution in [0.4, 0.5) is 0 Å². The highest BCUT2D eigenvalue weighted by Gasteiger charge is 2.44. The lowest BCUT2D eigenvalue weighted by atomic mass is 10.0. The summed E-state index contributed by atoms with van der Waals surface area (Å²) in [6.45, 7) is 2.12. The average Bonchev–Trinajstić information content (AvgIpc) is 3.25. The first kappa shape index (κ1) is 14.4. The summed E-state index contributed by atoms with van der Waals surface area (Å²) in [6, 6.07) is 15.5. The zero-order chi connectivity index (χ0) is 15.8. The van der Waals surface area contributed by atoms with Crippen LogP contribution in [-0.4, -0.2) is 23.2 Å². The van der Waals surface area contributed by atoms with Gasteiger partial charge in [0.25, 0.3) is 0 Å². The van der Waals surface area contributed by atoms with Gasteiger partial charge in [-0.1, -0.05) is 47.6 Å². The molecule has 23 heavy (non-hydrogen) atoms. The van der Waals surface area contributed by atoms with Gasteiger partial charge in [0.1, 0.15) is 0 Å². The minimum atomic E-state index is 0.355. The van der Waals surface area contributed by atoms with E-state index in [4.69, 9.17) is 4.52 Å². The van der Waals surface area contributed by atoms with Crippen LogP contribution in [0.5, 0.6) is 0 Å². The van der Waals surface area contributed by atoms with Crippen LogP contribution in [0.25, 0.3) is 10.8 Å². The number of likely N-dealkylation sites (N-methyl/N-ethyl adjacent to an activating group) is 1. The van der Waals surface area contributed by atoms with E-state index in [1.807, 2.05) is 7.05 Å². The zero-order valence-corrected chi connectivity index (χ0v) is 13.5. The van der Waals surface area contributed by atoms with Crippen LogP contribution >= 0.6 is 0 Å². The van der Waals surface area contributed by atoms with Gasteiger partial charge >= 0.3 is 0 Å². The smallest absolute Gasteiger partial charge is 0.230 e. The lowest BCUT2D eigenvalue weighted by Gasteiger charge is -2.05. The molecule has 4 nitrogen and oxygen atoms in total. The molecule has 0 amide bonds. The SMILES string of the molecule is CNC(C)Cc1noc(C2CC2c2cccc3ccccc23)n1. The summed E-state index contributed by atoms with van der Waals surface area (Å²) in [4.78, 5) is 4.60. The van der Waals surface area contributed by atoms with Crippen LogP contribution in [0.1, 0.15) is 42.5 Å². The van der Waals surface area contributed by atoms with Crippen molar-refractivity contribution in [2.75, 3.05) is 7.05 Å². The molecule has 4 rings (SSSR count). The predicted molar refractivity (Wildman–Crippen MR) is 90.6 cm³/mol. The Hall–Kier alpha value is -2.20. The second kappa shape index (κ2) is 5.78. The highest BCUT2D eigenvalue weighted by atomic mass is 16.5. The predicted octanol–water partition coefficient (Wildman–Crippen LogP) is 3.64. The van der Waals surface area contributed by atoms with Crippen molar-refractivity contribution in [1.29, 1.82) is 0 Å². The van der Waals surface area contributed by atoms with Gasteiger partial charge < -0.3 is 9.84 Å². The van der Waals surface area contributed by atoms with Gasteiger partial charge in [0, 0.05) is 18.4 Å². The fourth-order valence-corrected chi connectivity index (χ4v) is 3.26. The van der Waals surface area contributed by atoms with E-state index in [1.54, 1.807) is 0 Å². The molecule has 0 radical (unpaired) electrons. The normalized spacial score (nSPS) is 21.5. The molecule has 0 saturated heterocycles.